The summed E-state index contributed by atoms with van der Waals surface area (Å²) in [6.07, 6.45) is 0. The van der Waals surface area contributed by atoms with Crippen molar-refractivity contribution in [2.45, 2.75) is 6.92 Å². The molecule has 5 heteroatoms. The third-order valence-corrected chi connectivity index (χ3v) is 4.56. The Morgan fingerprint density at radius 3 is 2.40 bits per heavy atom. The van der Waals surface area contributed by atoms with Gasteiger partial charge in [0.05, 0.1) is 19.9 Å². The van der Waals surface area contributed by atoms with E-state index >= 15 is 0 Å². The number of anilines is 1. The molecule has 1 heterocycles. The van der Waals surface area contributed by atoms with Crippen LogP contribution in [0.4, 0.5) is 5.69 Å². The van der Waals surface area contributed by atoms with Crippen molar-refractivity contribution >= 4 is 11.6 Å². The zero-order valence-corrected chi connectivity index (χ0v) is 15.0. The van der Waals surface area contributed by atoms with E-state index < -0.39 is 0 Å². The predicted octanol–water partition coefficient (Wildman–Crippen LogP) is 2.97. The second kappa shape index (κ2) is 7.47. The van der Waals surface area contributed by atoms with Crippen LogP contribution in [-0.2, 0) is 0 Å². The van der Waals surface area contributed by atoms with Crippen LogP contribution in [0, 0.1) is 6.92 Å². The van der Waals surface area contributed by atoms with Gasteiger partial charge in [0.15, 0.2) is 0 Å². The van der Waals surface area contributed by atoms with E-state index in [2.05, 4.69) is 17.9 Å². The Kier molecular flexibility index (Phi) is 5.12. The van der Waals surface area contributed by atoms with Crippen molar-refractivity contribution in [1.29, 1.82) is 0 Å². The molecular formula is C20H24N2O3. The fourth-order valence-electron chi connectivity index (χ4n) is 3.14. The molecule has 0 unspecified atom stereocenters. The number of rotatable bonds is 4. The summed E-state index contributed by atoms with van der Waals surface area (Å²) in [6, 6.07) is 13.5. The first-order chi connectivity index (χ1) is 12.1. The number of carbonyl (C=O) groups is 1. The van der Waals surface area contributed by atoms with Gasteiger partial charge in [0.2, 0.25) is 0 Å². The van der Waals surface area contributed by atoms with Crippen LogP contribution in [0.5, 0.6) is 11.5 Å². The van der Waals surface area contributed by atoms with Crippen LogP contribution in [0.15, 0.2) is 42.5 Å². The molecule has 25 heavy (non-hydrogen) atoms. The van der Waals surface area contributed by atoms with Crippen LogP contribution in [0.1, 0.15) is 15.9 Å². The van der Waals surface area contributed by atoms with E-state index in [1.807, 2.05) is 35.2 Å². The Hall–Kier alpha value is -2.69. The lowest BCUT2D eigenvalue weighted by atomic mass is 10.1. The minimum atomic E-state index is 0.0507. The van der Waals surface area contributed by atoms with E-state index in [0.717, 1.165) is 24.5 Å². The molecule has 0 aromatic heterocycles. The zero-order valence-electron chi connectivity index (χ0n) is 15.0. The molecule has 1 aliphatic rings. The Morgan fingerprint density at radius 1 is 0.960 bits per heavy atom. The summed E-state index contributed by atoms with van der Waals surface area (Å²) in [5.41, 5.74) is 2.96. The molecule has 2 aromatic rings. The number of carbonyl (C=O) groups excluding carboxylic acids is 1. The molecule has 1 fully saturated rings. The van der Waals surface area contributed by atoms with E-state index in [-0.39, 0.29) is 5.91 Å². The Balaban J connectivity index is 1.69. The van der Waals surface area contributed by atoms with Gasteiger partial charge in [-0.1, -0.05) is 12.1 Å². The van der Waals surface area contributed by atoms with Crippen molar-refractivity contribution in [1.82, 2.24) is 4.90 Å². The summed E-state index contributed by atoms with van der Waals surface area (Å²) < 4.78 is 10.7. The minimum Gasteiger partial charge on any atom is -0.497 e. The SMILES string of the molecule is COc1cccc(C(=O)N2CCN(c3cc(C)ccc3OC)CC2)c1. The van der Waals surface area contributed by atoms with Crippen LogP contribution in [0.3, 0.4) is 0 Å². The average Bonchev–Trinajstić information content (AvgIpc) is 2.67. The molecule has 5 nitrogen and oxygen atoms in total. The third kappa shape index (κ3) is 3.71. The normalized spacial score (nSPS) is 14.4. The number of hydrogen-bond donors (Lipinski definition) is 0. The van der Waals surface area contributed by atoms with Crippen molar-refractivity contribution < 1.29 is 14.3 Å². The average molecular weight is 340 g/mol. The largest absolute Gasteiger partial charge is 0.497 e. The van der Waals surface area contributed by atoms with Gasteiger partial charge in [-0.15, -0.1) is 0 Å². The highest BCUT2D eigenvalue weighted by Gasteiger charge is 2.24. The van der Waals surface area contributed by atoms with E-state index in [9.17, 15) is 4.79 Å². The first-order valence-corrected chi connectivity index (χ1v) is 8.45. The number of hydrogen-bond acceptors (Lipinski definition) is 4. The Morgan fingerprint density at radius 2 is 1.72 bits per heavy atom. The quantitative estimate of drug-likeness (QED) is 0.858. The smallest absolute Gasteiger partial charge is 0.254 e. The van der Waals surface area contributed by atoms with Gasteiger partial charge in [-0.2, -0.15) is 0 Å². The molecular weight excluding hydrogens is 316 g/mol. The van der Waals surface area contributed by atoms with E-state index in [0.29, 0.717) is 24.4 Å². The number of aryl methyl sites for hydroxylation is 1. The van der Waals surface area contributed by atoms with E-state index in [1.165, 1.54) is 5.56 Å². The molecule has 132 valence electrons. The summed E-state index contributed by atoms with van der Waals surface area (Å²) in [7, 11) is 3.30. The molecule has 1 saturated heterocycles. The topological polar surface area (TPSA) is 42.0 Å². The summed E-state index contributed by atoms with van der Waals surface area (Å²) >= 11 is 0. The van der Waals surface area contributed by atoms with E-state index in [4.69, 9.17) is 9.47 Å². The van der Waals surface area contributed by atoms with Gasteiger partial charge in [0.1, 0.15) is 11.5 Å². The number of amides is 1. The predicted molar refractivity (Wildman–Crippen MR) is 98.8 cm³/mol. The molecule has 2 aromatic carbocycles. The summed E-state index contributed by atoms with van der Waals surface area (Å²) in [4.78, 5) is 16.9. The molecule has 0 radical (unpaired) electrons. The molecule has 1 aliphatic heterocycles. The van der Waals surface area contributed by atoms with Gasteiger partial charge >= 0.3 is 0 Å². The summed E-state index contributed by atoms with van der Waals surface area (Å²) in [5, 5.41) is 0. The maximum absolute atomic E-state index is 12.7. The molecule has 0 aliphatic carbocycles. The van der Waals surface area contributed by atoms with Gasteiger partial charge in [0, 0.05) is 31.7 Å². The van der Waals surface area contributed by atoms with Crippen LogP contribution in [0.25, 0.3) is 0 Å². The van der Waals surface area contributed by atoms with Gasteiger partial charge in [-0.25, -0.2) is 0 Å². The van der Waals surface area contributed by atoms with Crippen molar-refractivity contribution in [3.63, 3.8) is 0 Å². The monoisotopic (exact) mass is 340 g/mol. The van der Waals surface area contributed by atoms with Crippen molar-refractivity contribution in [2.24, 2.45) is 0 Å². The lowest BCUT2D eigenvalue weighted by Crippen LogP contribution is -2.48. The lowest BCUT2D eigenvalue weighted by molar-refractivity contribution is 0.0746. The fourth-order valence-corrected chi connectivity index (χ4v) is 3.14. The number of methoxy groups -OCH3 is 2. The van der Waals surface area contributed by atoms with Crippen LogP contribution < -0.4 is 14.4 Å². The Labute approximate surface area is 148 Å². The maximum Gasteiger partial charge on any atom is 0.254 e. The molecule has 0 N–H and O–H groups in total. The van der Waals surface area contributed by atoms with Crippen LogP contribution in [0.2, 0.25) is 0 Å². The second-order valence-electron chi connectivity index (χ2n) is 6.19. The summed E-state index contributed by atoms with van der Waals surface area (Å²) in [6.45, 7) is 5.02. The highest BCUT2D eigenvalue weighted by molar-refractivity contribution is 5.94. The molecule has 0 bridgehead atoms. The summed E-state index contributed by atoms with van der Waals surface area (Å²) in [5.74, 6) is 1.63. The molecule has 0 saturated carbocycles. The Bertz CT molecular complexity index is 752. The van der Waals surface area contributed by atoms with Crippen LogP contribution in [-0.4, -0.2) is 51.2 Å². The fraction of sp³-hybridized carbons (Fsp3) is 0.350. The van der Waals surface area contributed by atoms with Crippen molar-refractivity contribution in [3.05, 3.63) is 53.6 Å². The van der Waals surface area contributed by atoms with Gasteiger partial charge in [0.25, 0.3) is 5.91 Å². The first kappa shape index (κ1) is 17.1. The number of nitrogens with zero attached hydrogens (tertiary/aromatic N) is 2. The second-order valence-corrected chi connectivity index (χ2v) is 6.19. The molecule has 1 amide bonds. The van der Waals surface area contributed by atoms with Crippen molar-refractivity contribution in [2.75, 3.05) is 45.3 Å². The van der Waals surface area contributed by atoms with Gasteiger partial charge < -0.3 is 19.3 Å². The van der Waals surface area contributed by atoms with Crippen LogP contribution >= 0.6 is 0 Å². The highest BCUT2D eigenvalue weighted by atomic mass is 16.5. The molecule has 0 spiro atoms. The van der Waals surface area contributed by atoms with E-state index in [1.54, 1.807) is 20.3 Å². The van der Waals surface area contributed by atoms with Gasteiger partial charge in [-0.05, 0) is 42.8 Å². The molecule has 0 atom stereocenters. The number of ether oxygens (including phenoxy) is 2. The first-order valence-electron chi connectivity index (χ1n) is 8.45. The third-order valence-electron chi connectivity index (χ3n) is 4.56. The lowest BCUT2D eigenvalue weighted by Gasteiger charge is -2.36. The molecule has 3 rings (SSSR count). The van der Waals surface area contributed by atoms with Gasteiger partial charge in [-0.3, -0.25) is 4.79 Å². The zero-order chi connectivity index (χ0) is 17.8. The van der Waals surface area contributed by atoms with Crippen molar-refractivity contribution in [3.8, 4) is 11.5 Å². The minimum absolute atomic E-state index is 0.0507. The number of piperazine rings is 1. The number of benzene rings is 2. The standard InChI is InChI=1S/C20H24N2O3/c1-15-7-8-19(25-3)18(13-15)21-9-11-22(12-10-21)20(23)16-5-4-6-17(14-16)24-2/h4-8,13-14H,9-12H2,1-3H3. The maximum atomic E-state index is 12.7. The highest BCUT2D eigenvalue weighted by Crippen LogP contribution is 2.30.